The first-order valence-electron chi connectivity index (χ1n) is 7.96. The van der Waals surface area contributed by atoms with Gasteiger partial charge in [0.1, 0.15) is 5.00 Å². The Morgan fingerprint density at radius 1 is 1.19 bits per heavy atom. The molecule has 1 aliphatic rings. The number of carboxylic acid groups (broad SMARTS) is 1. The maximum absolute atomic E-state index is 12.2. The van der Waals surface area contributed by atoms with E-state index < -0.39 is 23.5 Å². The summed E-state index contributed by atoms with van der Waals surface area (Å²) in [5.41, 5.74) is 0.593. The fraction of sp³-hybridized carbons (Fsp3) is 0.278. The van der Waals surface area contributed by atoms with Gasteiger partial charge in [0.15, 0.2) is 0 Å². The van der Waals surface area contributed by atoms with Gasteiger partial charge in [-0.25, -0.2) is 9.59 Å². The highest BCUT2D eigenvalue weighted by atomic mass is 32.1. The number of imide groups is 1. The molecule has 26 heavy (non-hydrogen) atoms. The smallest absolute Gasteiger partial charge is 0.339 e. The van der Waals surface area contributed by atoms with E-state index >= 15 is 0 Å². The molecule has 0 saturated carbocycles. The molecule has 1 aromatic carbocycles. The van der Waals surface area contributed by atoms with E-state index in [1.165, 1.54) is 0 Å². The third-order valence-electron chi connectivity index (χ3n) is 3.99. The normalized spacial score (nSPS) is 15.0. The molecule has 3 rings (SSSR count). The number of thiophene rings is 1. The maximum Gasteiger partial charge on any atom is 0.339 e. The summed E-state index contributed by atoms with van der Waals surface area (Å²) in [6.07, 6.45) is 0.437. The molecule has 0 atom stereocenters. The molecule has 136 valence electrons. The summed E-state index contributed by atoms with van der Waals surface area (Å²) in [5.74, 6) is -1.68. The van der Waals surface area contributed by atoms with Gasteiger partial charge in [-0.1, -0.05) is 18.2 Å². The fourth-order valence-corrected chi connectivity index (χ4v) is 3.88. The molecule has 0 radical (unpaired) electrons. The van der Waals surface area contributed by atoms with Crippen molar-refractivity contribution in [1.29, 1.82) is 0 Å². The molecule has 2 aromatic rings. The highest BCUT2D eigenvalue weighted by Crippen LogP contribution is 2.40. The first kappa shape index (κ1) is 18.1. The van der Waals surface area contributed by atoms with E-state index in [2.05, 4.69) is 10.6 Å². The first-order valence-corrected chi connectivity index (χ1v) is 8.77. The molecule has 0 fully saturated rings. The number of urea groups is 1. The van der Waals surface area contributed by atoms with Crippen LogP contribution in [0.3, 0.4) is 0 Å². The van der Waals surface area contributed by atoms with Crippen molar-refractivity contribution in [3.8, 4) is 0 Å². The minimum atomic E-state index is -1.12. The largest absolute Gasteiger partial charge is 0.478 e. The Bertz CT molecular complexity index is 873. The van der Waals surface area contributed by atoms with Crippen LogP contribution < -0.4 is 10.6 Å². The lowest BCUT2D eigenvalue weighted by Crippen LogP contribution is -2.34. The van der Waals surface area contributed by atoms with Crippen LogP contribution in [0.5, 0.6) is 0 Å². The van der Waals surface area contributed by atoms with E-state index in [0.29, 0.717) is 24.2 Å². The van der Waals surface area contributed by atoms with Crippen LogP contribution in [-0.4, -0.2) is 28.6 Å². The highest BCUT2D eigenvalue weighted by Gasteiger charge is 2.33. The SMILES string of the molecule is CC1(C)Cc2c(sc(NC(=O)NC(=O)c3ccccc3)c2C(=O)O)CO1. The number of ether oxygens (including phenoxy) is 1. The quantitative estimate of drug-likeness (QED) is 0.765. The number of nitrogens with one attached hydrogen (secondary N) is 2. The molecule has 1 aliphatic heterocycles. The molecule has 7 nitrogen and oxygen atoms in total. The molecule has 0 aliphatic carbocycles. The highest BCUT2D eigenvalue weighted by molar-refractivity contribution is 7.17. The lowest BCUT2D eigenvalue weighted by molar-refractivity contribution is -0.0384. The van der Waals surface area contributed by atoms with Crippen LogP contribution in [0, 0.1) is 0 Å². The van der Waals surface area contributed by atoms with Crippen molar-refractivity contribution >= 4 is 34.2 Å². The number of fused-ring (bicyclic) bond motifs is 1. The minimum absolute atomic E-state index is 0.0590. The van der Waals surface area contributed by atoms with Crippen molar-refractivity contribution in [1.82, 2.24) is 5.32 Å². The Balaban J connectivity index is 1.80. The molecule has 0 bridgehead atoms. The molecular formula is C18H18N2O5S. The Morgan fingerprint density at radius 2 is 1.88 bits per heavy atom. The Kier molecular flexibility index (Phi) is 4.80. The van der Waals surface area contributed by atoms with E-state index in [9.17, 15) is 19.5 Å². The van der Waals surface area contributed by atoms with Crippen molar-refractivity contribution in [3.63, 3.8) is 0 Å². The number of hydrogen-bond acceptors (Lipinski definition) is 5. The second-order valence-electron chi connectivity index (χ2n) is 6.51. The lowest BCUT2D eigenvalue weighted by atomic mass is 9.93. The van der Waals surface area contributed by atoms with Gasteiger partial charge in [0.25, 0.3) is 5.91 Å². The summed E-state index contributed by atoms with van der Waals surface area (Å²) in [4.78, 5) is 36.7. The number of aromatic carboxylic acids is 1. The van der Waals surface area contributed by atoms with E-state index in [1.54, 1.807) is 30.3 Å². The molecular weight excluding hydrogens is 356 g/mol. The summed E-state index contributed by atoms with van der Waals surface area (Å²) in [6.45, 7) is 4.06. The van der Waals surface area contributed by atoms with Gasteiger partial charge in [-0.3, -0.25) is 15.4 Å². The summed E-state index contributed by atoms with van der Waals surface area (Å²) in [6, 6.07) is 7.51. The number of carbonyl (C=O) groups is 3. The van der Waals surface area contributed by atoms with Crippen LogP contribution >= 0.6 is 11.3 Å². The minimum Gasteiger partial charge on any atom is -0.478 e. The van der Waals surface area contributed by atoms with E-state index in [1.807, 2.05) is 13.8 Å². The number of rotatable bonds is 3. The van der Waals surface area contributed by atoms with Gasteiger partial charge in [0.2, 0.25) is 0 Å². The van der Waals surface area contributed by atoms with Crippen molar-refractivity contribution in [2.75, 3.05) is 5.32 Å². The zero-order valence-electron chi connectivity index (χ0n) is 14.3. The van der Waals surface area contributed by atoms with E-state index in [-0.39, 0.29) is 10.6 Å². The Labute approximate surface area is 154 Å². The Hall–Kier alpha value is -2.71. The predicted octanol–water partition coefficient (Wildman–Crippen LogP) is 3.26. The third kappa shape index (κ3) is 3.76. The number of benzene rings is 1. The molecule has 3 N–H and O–H groups in total. The summed E-state index contributed by atoms with van der Waals surface area (Å²) in [5, 5.41) is 14.5. The molecule has 0 saturated heterocycles. The third-order valence-corrected chi connectivity index (χ3v) is 5.11. The predicted molar refractivity (Wildman–Crippen MR) is 96.8 cm³/mol. The zero-order valence-corrected chi connectivity index (χ0v) is 15.1. The number of carbonyl (C=O) groups excluding carboxylic acids is 2. The monoisotopic (exact) mass is 374 g/mol. The van der Waals surface area contributed by atoms with Crippen LogP contribution in [0.4, 0.5) is 9.80 Å². The summed E-state index contributed by atoms with van der Waals surface area (Å²) < 4.78 is 5.70. The van der Waals surface area contributed by atoms with Crippen molar-refractivity contribution in [2.45, 2.75) is 32.5 Å². The van der Waals surface area contributed by atoms with Gasteiger partial charge in [0, 0.05) is 16.9 Å². The summed E-state index contributed by atoms with van der Waals surface area (Å²) >= 11 is 1.15. The zero-order chi connectivity index (χ0) is 18.9. The van der Waals surface area contributed by atoms with Crippen molar-refractivity contribution < 1.29 is 24.2 Å². The standard InChI is InChI=1S/C18H18N2O5S/c1-18(2)8-11-12(9-25-18)26-15(13(11)16(22)23)20-17(24)19-14(21)10-6-4-3-5-7-10/h3-7H,8-9H2,1-2H3,(H,22,23)(H2,19,20,21,24). The number of hydrogen-bond donors (Lipinski definition) is 3. The molecule has 8 heteroatoms. The van der Waals surface area contributed by atoms with Crippen LogP contribution in [-0.2, 0) is 17.8 Å². The number of carboxylic acids is 1. The molecule has 2 heterocycles. The van der Waals surface area contributed by atoms with Gasteiger partial charge in [-0.05, 0) is 31.5 Å². The van der Waals surface area contributed by atoms with E-state index in [0.717, 1.165) is 16.2 Å². The average molecular weight is 374 g/mol. The summed E-state index contributed by atoms with van der Waals surface area (Å²) in [7, 11) is 0. The van der Waals surface area contributed by atoms with Gasteiger partial charge in [-0.15, -0.1) is 11.3 Å². The molecule has 3 amide bonds. The van der Waals surface area contributed by atoms with Gasteiger partial charge < -0.3 is 9.84 Å². The molecule has 0 unspecified atom stereocenters. The molecule has 0 spiro atoms. The van der Waals surface area contributed by atoms with Gasteiger partial charge in [0.05, 0.1) is 17.8 Å². The molecule has 1 aromatic heterocycles. The average Bonchev–Trinajstić information content (AvgIpc) is 2.91. The topological polar surface area (TPSA) is 105 Å². The van der Waals surface area contributed by atoms with Crippen molar-refractivity contribution in [2.24, 2.45) is 0 Å². The van der Waals surface area contributed by atoms with Gasteiger partial charge >= 0.3 is 12.0 Å². The second kappa shape index (κ2) is 6.89. The first-order chi connectivity index (χ1) is 12.3. The fourth-order valence-electron chi connectivity index (χ4n) is 2.77. The van der Waals surface area contributed by atoms with Crippen LogP contribution in [0.15, 0.2) is 30.3 Å². The van der Waals surface area contributed by atoms with E-state index in [4.69, 9.17) is 4.74 Å². The lowest BCUT2D eigenvalue weighted by Gasteiger charge is -2.30. The number of amides is 3. The van der Waals surface area contributed by atoms with Crippen LogP contribution in [0.2, 0.25) is 0 Å². The number of anilines is 1. The maximum atomic E-state index is 12.2. The van der Waals surface area contributed by atoms with Crippen LogP contribution in [0.1, 0.15) is 45.0 Å². The Morgan fingerprint density at radius 3 is 2.54 bits per heavy atom. The second-order valence-corrected chi connectivity index (χ2v) is 7.62. The van der Waals surface area contributed by atoms with Gasteiger partial charge in [-0.2, -0.15) is 0 Å². The van der Waals surface area contributed by atoms with Crippen molar-refractivity contribution in [3.05, 3.63) is 51.9 Å². The van der Waals surface area contributed by atoms with Crippen LogP contribution in [0.25, 0.3) is 0 Å².